The average Bonchev–Trinajstić information content (AvgIpc) is 3.49. The Bertz CT molecular complexity index is 1630. The molecule has 3 aromatic heterocycles. The van der Waals surface area contributed by atoms with Crippen LogP contribution in [0.1, 0.15) is 11.3 Å². The highest BCUT2D eigenvalue weighted by Gasteiger charge is 2.29. The van der Waals surface area contributed by atoms with Crippen LogP contribution in [0, 0.1) is 18.6 Å². The summed E-state index contributed by atoms with van der Waals surface area (Å²) in [5, 5.41) is 5.14. The van der Waals surface area contributed by atoms with Crippen molar-refractivity contribution in [3.8, 4) is 16.9 Å². The van der Waals surface area contributed by atoms with Gasteiger partial charge in [0.15, 0.2) is 0 Å². The van der Waals surface area contributed by atoms with Crippen LogP contribution in [-0.2, 0) is 25.9 Å². The maximum Gasteiger partial charge on any atom is 0.409 e. The highest BCUT2D eigenvalue weighted by atomic mass is 32.2. The van der Waals surface area contributed by atoms with Gasteiger partial charge in [0.05, 0.1) is 53.9 Å². The zero-order valence-electron chi connectivity index (χ0n) is 20.6. The number of nitrogens with two attached hydrogens (primary N) is 1. The van der Waals surface area contributed by atoms with Crippen molar-refractivity contribution in [3.05, 3.63) is 71.8 Å². The first kappa shape index (κ1) is 25.8. The second-order valence-electron chi connectivity index (χ2n) is 9.04. The number of nitrogens with zero attached hydrogens (tertiary/aromatic N) is 4. The molecule has 10 nitrogen and oxygen atoms in total. The normalized spacial score (nSPS) is 16.2. The van der Waals surface area contributed by atoms with E-state index in [4.69, 9.17) is 14.6 Å². The number of primary sulfonamides is 1. The molecule has 1 aromatic carbocycles. The van der Waals surface area contributed by atoms with Gasteiger partial charge in [0, 0.05) is 31.6 Å². The lowest BCUT2D eigenvalue weighted by molar-refractivity contribution is -0.0241. The molecule has 2 N–H and O–H groups in total. The molecular weight excluding hydrogens is 520 g/mol. The molecule has 4 aromatic rings. The van der Waals surface area contributed by atoms with Gasteiger partial charge in [0.25, 0.3) is 0 Å². The van der Waals surface area contributed by atoms with Gasteiger partial charge in [0.2, 0.25) is 10.0 Å². The number of fused-ring (bicyclic) bond motifs is 1. The van der Waals surface area contributed by atoms with E-state index >= 15 is 8.78 Å². The van der Waals surface area contributed by atoms with Crippen molar-refractivity contribution in [2.24, 2.45) is 5.14 Å². The van der Waals surface area contributed by atoms with E-state index in [9.17, 15) is 13.2 Å². The zero-order chi connectivity index (χ0) is 27.2. The smallest absolute Gasteiger partial charge is 0.409 e. The number of morpholine rings is 1. The SMILES string of the molecule is COC(=O)N1CCO[C@@H](Cc2c(-c3c(F)cc(-n4ccc(S(N)(=O)=O)c4)cc3F)nc3cc(C)ccn23)C1. The van der Waals surface area contributed by atoms with Crippen molar-refractivity contribution in [1.29, 1.82) is 0 Å². The Morgan fingerprint density at radius 3 is 2.61 bits per heavy atom. The number of methoxy groups -OCH3 is 1. The minimum Gasteiger partial charge on any atom is -0.453 e. The molecule has 13 heteroatoms. The molecule has 0 unspecified atom stereocenters. The van der Waals surface area contributed by atoms with E-state index in [1.54, 1.807) is 16.7 Å². The van der Waals surface area contributed by atoms with Crippen LogP contribution in [0.2, 0.25) is 0 Å². The zero-order valence-corrected chi connectivity index (χ0v) is 21.4. The van der Waals surface area contributed by atoms with Gasteiger partial charge in [0.1, 0.15) is 17.3 Å². The standard InChI is InChI=1S/C25H25F2N5O5S/c1-15-3-6-32-21(12-17-13-31(7-8-37-17)25(33)36-2)24(29-22(32)9-15)23-19(26)10-16(11-20(23)27)30-5-4-18(14-30)38(28,34)35/h3-6,9-11,14,17H,7-8,12-13H2,1-2H3,(H2,28,34,35)/t17-/m0/s1. The van der Waals surface area contributed by atoms with E-state index < -0.39 is 33.9 Å². The Kier molecular flexibility index (Phi) is 6.67. The summed E-state index contributed by atoms with van der Waals surface area (Å²) in [5.41, 5.74) is 1.78. The maximum atomic E-state index is 15.6. The fourth-order valence-electron chi connectivity index (χ4n) is 4.59. The molecule has 1 saturated heterocycles. The number of benzene rings is 1. The average molecular weight is 546 g/mol. The molecule has 1 fully saturated rings. The van der Waals surface area contributed by atoms with E-state index in [1.807, 2.05) is 13.0 Å². The van der Waals surface area contributed by atoms with Crippen LogP contribution in [-0.4, -0.2) is 66.3 Å². The lowest BCUT2D eigenvalue weighted by Gasteiger charge is -2.32. The first-order chi connectivity index (χ1) is 18.0. The number of sulfonamides is 1. The number of imidazole rings is 1. The van der Waals surface area contributed by atoms with Gasteiger partial charge in [-0.3, -0.25) is 0 Å². The Balaban J connectivity index is 1.57. The Hall–Kier alpha value is -3.81. The molecule has 0 spiro atoms. The quantitative estimate of drug-likeness (QED) is 0.412. The van der Waals surface area contributed by atoms with Gasteiger partial charge in [-0.15, -0.1) is 0 Å². The molecule has 0 aliphatic carbocycles. The molecule has 0 bridgehead atoms. The lowest BCUT2D eigenvalue weighted by atomic mass is 10.0. The Labute approximate surface area is 217 Å². The minimum absolute atomic E-state index is 0.0733. The third-order valence-corrected chi connectivity index (χ3v) is 7.33. The number of halogens is 2. The molecule has 200 valence electrons. The monoisotopic (exact) mass is 545 g/mol. The Morgan fingerprint density at radius 1 is 1.21 bits per heavy atom. The number of hydrogen-bond donors (Lipinski definition) is 1. The van der Waals surface area contributed by atoms with Crippen LogP contribution in [0.25, 0.3) is 22.6 Å². The molecule has 1 atom stereocenters. The number of carbonyl (C=O) groups is 1. The van der Waals surface area contributed by atoms with Crippen LogP contribution in [0.15, 0.2) is 53.8 Å². The number of amides is 1. The summed E-state index contributed by atoms with van der Waals surface area (Å²) in [6, 6.07) is 7.09. The second-order valence-corrected chi connectivity index (χ2v) is 10.6. The first-order valence-corrected chi connectivity index (χ1v) is 13.2. The van der Waals surface area contributed by atoms with Gasteiger partial charge < -0.3 is 23.3 Å². The topological polar surface area (TPSA) is 121 Å². The molecule has 5 rings (SSSR count). The van der Waals surface area contributed by atoms with E-state index in [0.717, 1.165) is 17.7 Å². The number of hydrogen-bond acceptors (Lipinski definition) is 6. The van der Waals surface area contributed by atoms with Crippen LogP contribution < -0.4 is 5.14 Å². The molecule has 0 radical (unpaired) electrons. The summed E-state index contributed by atoms with van der Waals surface area (Å²) in [4.78, 5) is 17.9. The molecule has 1 aliphatic heterocycles. The number of aryl methyl sites for hydroxylation is 1. The van der Waals surface area contributed by atoms with Gasteiger partial charge >= 0.3 is 6.09 Å². The molecule has 4 heterocycles. The van der Waals surface area contributed by atoms with Gasteiger partial charge in [-0.2, -0.15) is 0 Å². The maximum absolute atomic E-state index is 15.6. The van der Waals surface area contributed by atoms with E-state index in [-0.39, 0.29) is 34.8 Å². The van der Waals surface area contributed by atoms with Gasteiger partial charge in [-0.25, -0.2) is 32.1 Å². The van der Waals surface area contributed by atoms with E-state index in [2.05, 4.69) is 4.98 Å². The number of pyridine rings is 1. The summed E-state index contributed by atoms with van der Waals surface area (Å²) >= 11 is 0. The van der Waals surface area contributed by atoms with Crippen LogP contribution in [0.5, 0.6) is 0 Å². The summed E-state index contributed by atoms with van der Waals surface area (Å²) in [6.07, 6.45) is 3.59. The van der Waals surface area contributed by atoms with Crippen LogP contribution in [0.3, 0.4) is 0 Å². The van der Waals surface area contributed by atoms with Gasteiger partial charge in [-0.1, -0.05) is 0 Å². The van der Waals surface area contributed by atoms with Crippen molar-refractivity contribution < 1.29 is 31.5 Å². The third-order valence-electron chi connectivity index (χ3n) is 6.43. The third kappa shape index (κ3) is 4.87. The van der Waals surface area contributed by atoms with Crippen molar-refractivity contribution in [3.63, 3.8) is 0 Å². The molecular formula is C25H25F2N5O5S. The van der Waals surface area contributed by atoms with Crippen LogP contribution >= 0.6 is 0 Å². The fourth-order valence-corrected chi connectivity index (χ4v) is 5.10. The van der Waals surface area contributed by atoms with Crippen molar-refractivity contribution in [2.75, 3.05) is 26.8 Å². The van der Waals surface area contributed by atoms with Crippen molar-refractivity contribution in [1.82, 2.24) is 18.9 Å². The molecule has 1 amide bonds. The first-order valence-electron chi connectivity index (χ1n) is 11.7. The van der Waals surface area contributed by atoms with Crippen molar-refractivity contribution >= 4 is 21.8 Å². The largest absolute Gasteiger partial charge is 0.453 e. The number of ether oxygens (including phenoxy) is 2. The Morgan fingerprint density at radius 2 is 1.95 bits per heavy atom. The molecule has 38 heavy (non-hydrogen) atoms. The predicted molar refractivity (Wildman–Crippen MR) is 133 cm³/mol. The lowest BCUT2D eigenvalue weighted by Crippen LogP contribution is -2.46. The number of rotatable bonds is 5. The number of aromatic nitrogens is 3. The fraction of sp³-hybridized carbons (Fsp3) is 0.280. The summed E-state index contributed by atoms with van der Waals surface area (Å²) in [5.74, 6) is -1.76. The molecule has 0 saturated carbocycles. The minimum atomic E-state index is -3.98. The summed E-state index contributed by atoms with van der Waals surface area (Å²) in [6.45, 7) is 2.80. The van der Waals surface area contributed by atoms with Crippen molar-refractivity contribution in [2.45, 2.75) is 24.3 Å². The number of carbonyl (C=O) groups excluding carboxylic acids is 1. The van der Waals surface area contributed by atoms with Gasteiger partial charge in [-0.05, 0) is 42.8 Å². The summed E-state index contributed by atoms with van der Waals surface area (Å²) < 4.78 is 68.0. The summed E-state index contributed by atoms with van der Waals surface area (Å²) in [7, 11) is -2.67. The second kappa shape index (κ2) is 9.82. The van der Waals surface area contributed by atoms with E-state index in [1.165, 1.54) is 35.0 Å². The van der Waals surface area contributed by atoms with E-state index in [0.29, 0.717) is 24.5 Å². The highest BCUT2D eigenvalue weighted by molar-refractivity contribution is 7.89. The van der Waals surface area contributed by atoms with Crippen LogP contribution in [0.4, 0.5) is 13.6 Å². The highest BCUT2D eigenvalue weighted by Crippen LogP contribution is 2.33. The predicted octanol–water partition coefficient (Wildman–Crippen LogP) is 3.04. The molecule has 1 aliphatic rings.